The van der Waals surface area contributed by atoms with Crippen LogP contribution in [0.3, 0.4) is 0 Å². The van der Waals surface area contributed by atoms with Gasteiger partial charge in [-0.3, -0.25) is 4.79 Å². The molecule has 0 unspecified atom stereocenters. The fraction of sp³-hybridized carbons (Fsp3) is 0.794. The quantitative estimate of drug-likeness (QED) is 0.0787. The third-order valence-electron chi connectivity index (χ3n) is 6.19. The van der Waals surface area contributed by atoms with Crippen molar-refractivity contribution >= 4 is 23.2 Å². The number of alkyl halides is 1. The Labute approximate surface area is 292 Å². The third-order valence-corrected chi connectivity index (χ3v) is 6.46. The van der Waals surface area contributed by atoms with E-state index in [1.807, 2.05) is 0 Å². The van der Waals surface area contributed by atoms with Crippen LogP contribution >= 0.6 is 11.6 Å². The Bertz CT molecular complexity index is 809. The van der Waals surface area contributed by atoms with Gasteiger partial charge < -0.3 is 57.4 Å². The van der Waals surface area contributed by atoms with E-state index in [2.05, 4.69) is 5.32 Å². The number of unbranched alkanes of at least 4 members (excludes halogenated alkanes) is 3. The maximum absolute atomic E-state index is 11.0. The van der Waals surface area contributed by atoms with E-state index in [0.29, 0.717) is 132 Å². The highest BCUT2D eigenvalue weighted by Crippen LogP contribution is 2.15. The monoisotopic (exact) mass is 709 g/mol. The van der Waals surface area contributed by atoms with Crippen LogP contribution in [0.2, 0.25) is 0 Å². The molecule has 1 aromatic rings. The van der Waals surface area contributed by atoms with Gasteiger partial charge in [-0.2, -0.15) is 0 Å². The van der Waals surface area contributed by atoms with Gasteiger partial charge in [0, 0.05) is 25.1 Å². The number of nitrogens with one attached hydrogen (secondary N) is 1. The molecule has 0 radical (unpaired) electrons. The summed E-state index contributed by atoms with van der Waals surface area (Å²) >= 11 is 5.65. The van der Waals surface area contributed by atoms with Gasteiger partial charge in [0.05, 0.1) is 126 Å². The average Bonchev–Trinajstić information content (AvgIpc) is 3.08. The van der Waals surface area contributed by atoms with Gasteiger partial charge in [-0.1, -0.05) is 12.8 Å². The molecule has 1 aromatic carbocycles. The van der Waals surface area contributed by atoms with Crippen LogP contribution in [0.5, 0.6) is 5.75 Å². The molecule has 0 saturated heterocycles. The summed E-state index contributed by atoms with van der Waals surface area (Å²) in [5, 5.41) is 2.71. The minimum atomic E-state index is -0.107. The van der Waals surface area contributed by atoms with E-state index in [-0.39, 0.29) is 5.91 Å². The number of hydrogen-bond acceptors (Lipinski definition) is 12. The summed E-state index contributed by atoms with van der Waals surface area (Å²) in [7, 11) is 0. The second-order valence-corrected chi connectivity index (χ2v) is 10.7. The lowest BCUT2D eigenvalue weighted by molar-refractivity contribution is -0.114. The number of halogens is 1. The molecule has 14 heteroatoms. The molecular weight excluding hydrogens is 650 g/mol. The first-order valence-corrected chi connectivity index (χ1v) is 17.6. The number of ether oxygens (including phenoxy) is 11. The Morgan fingerprint density at radius 2 is 0.771 bits per heavy atom. The van der Waals surface area contributed by atoms with Gasteiger partial charge in [0.25, 0.3) is 0 Å². The number of rotatable bonds is 38. The Hall–Kier alpha value is -1.62. The SMILES string of the molecule is CC(=O)Nc1ccc(OCCOCCOCCOCCOCCOCCOCCOCCOCCOCCOCCCCCCCl)cc1. The molecule has 0 fully saturated rings. The first-order valence-electron chi connectivity index (χ1n) is 17.1. The molecule has 0 aliphatic rings. The van der Waals surface area contributed by atoms with Crippen LogP contribution in [0.25, 0.3) is 0 Å². The zero-order valence-electron chi connectivity index (χ0n) is 29.0. The van der Waals surface area contributed by atoms with Crippen molar-refractivity contribution in [2.45, 2.75) is 32.6 Å². The summed E-state index contributed by atoms with van der Waals surface area (Å²) in [6.07, 6.45) is 4.49. The second-order valence-electron chi connectivity index (χ2n) is 10.3. The van der Waals surface area contributed by atoms with Crippen molar-refractivity contribution in [2.75, 3.05) is 150 Å². The van der Waals surface area contributed by atoms with Gasteiger partial charge >= 0.3 is 0 Å². The summed E-state index contributed by atoms with van der Waals surface area (Å²) in [6, 6.07) is 7.18. The predicted molar refractivity (Wildman–Crippen MR) is 184 cm³/mol. The molecule has 0 heterocycles. The van der Waals surface area contributed by atoms with E-state index in [1.54, 1.807) is 24.3 Å². The molecule has 0 atom stereocenters. The molecule has 0 saturated carbocycles. The van der Waals surface area contributed by atoms with Gasteiger partial charge in [-0.25, -0.2) is 0 Å². The number of anilines is 1. The van der Waals surface area contributed by atoms with Gasteiger partial charge in [-0.05, 0) is 37.1 Å². The van der Waals surface area contributed by atoms with E-state index < -0.39 is 0 Å². The van der Waals surface area contributed by atoms with E-state index in [0.717, 1.165) is 43.2 Å². The normalized spacial score (nSPS) is 11.3. The third kappa shape index (κ3) is 32.9. The van der Waals surface area contributed by atoms with Crippen LogP contribution in [-0.2, 0) is 52.2 Å². The topological polar surface area (TPSA) is 131 Å². The Balaban J connectivity index is 1.65. The van der Waals surface area contributed by atoms with Gasteiger partial charge in [0.15, 0.2) is 0 Å². The van der Waals surface area contributed by atoms with Crippen molar-refractivity contribution in [3.63, 3.8) is 0 Å². The first kappa shape index (κ1) is 44.4. The molecular formula is C34H60ClNO12. The lowest BCUT2D eigenvalue weighted by Gasteiger charge is -2.09. The summed E-state index contributed by atoms with van der Waals surface area (Å²) in [4.78, 5) is 11.0. The molecule has 0 bridgehead atoms. The summed E-state index contributed by atoms with van der Waals surface area (Å²) in [6.45, 7) is 12.5. The largest absolute Gasteiger partial charge is 0.491 e. The van der Waals surface area contributed by atoms with Crippen LogP contribution in [0, 0.1) is 0 Å². The molecule has 1 amide bonds. The van der Waals surface area contributed by atoms with Gasteiger partial charge in [-0.15, -0.1) is 11.6 Å². The molecule has 0 aliphatic heterocycles. The Kier molecular flexibility index (Phi) is 33.9. The predicted octanol–water partition coefficient (Wildman–Crippen LogP) is 3.99. The maximum atomic E-state index is 11.0. The van der Waals surface area contributed by atoms with Crippen molar-refractivity contribution in [1.29, 1.82) is 0 Å². The van der Waals surface area contributed by atoms with Crippen LogP contribution < -0.4 is 10.1 Å². The van der Waals surface area contributed by atoms with Crippen LogP contribution in [-0.4, -0.2) is 151 Å². The number of amides is 1. The smallest absolute Gasteiger partial charge is 0.221 e. The molecule has 13 nitrogen and oxygen atoms in total. The van der Waals surface area contributed by atoms with E-state index in [4.69, 9.17) is 63.7 Å². The number of carbonyl (C=O) groups is 1. The van der Waals surface area contributed by atoms with E-state index >= 15 is 0 Å². The Morgan fingerprint density at radius 1 is 0.458 bits per heavy atom. The number of benzene rings is 1. The van der Waals surface area contributed by atoms with Crippen molar-refractivity contribution in [3.05, 3.63) is 24.3 Å². The molecule has 48 heavy (non-hydrogen) atoms. The zero-order chi connectivity index (χ0) is 34.4. The summed E-state index contributed by atoms with van der Waals surface area (Å²) < 4.78 is 60.5. The molecule has 0 aromatic heterocycles. The fourth-order valence-corrected chi connectivity index (χ4v) is 3.98. The molecule has 0 aliphatic carbocycles. The maximum Gasteiger partial charge on any atom is 0.221 e. The molecule has 1 rings (SSSR count). The van der Waals surface area contributed by atoms with Crippen molar-refractivity contribution in [1.82, 2.24) is 0 Å². The van der Waals surface area contributed by atoms with E-state index in [1.165, 1.54) is 13.3 Å². The number of carbonyl (C=O) groups excluding carboxylic acids is 1. The highest BCUT2D eigenvalue weighted by Gasteiger charge is 1.99. The first-order chi connectivity index (χ1) is 23.7. The van der Waals surface area contributed by atoms with Crippen molar-refractivity contribution < 1.29 is 56.9 Å². The van der Waals surface area contributed by atoms with Gasteiger partial charge in [0.1, 0.15) is 12.4 Å². The number of hydrogen-bond donors (Lipinski definition) is 1. The molecule has 280 valence electrons. The standard InChI is InChI=1S/C34H60ClNO12/c1-32(37)36-33-6-8-34(9-7-33)48-31-30-47-29-28-46-27-26-45-25-24-44-23-22-43-21-20-42-19-18-41-17-16-40-15-14-39-13-12-38-11-5-3-2-4-10-35/h6-9H,2-5,10-31H2,1H3,(H,36,37). The fourth-order valence-electron chi connectivity index (χ4n) is 3.79. The van der Waals surface area contributed by atoms with Crippen LogP contribution in [0.1, 0.15) is 32.6 Å². The van der Waals surface area contributed by atoms with Crippen molar-refractivity contribution in [3.8, 4) is 5.75 Å². The molecule has 0 spiro atoms. The lowest BCUT2D eigenvalue weighted by Crippen LogP contribution is -2.15. The minimum Gasteiger partial charge on any atom is -0.491 e. The van der Waals surface area contributed by atoms with Crippen LogP contribution in [0.4, 0.5) is 5.69 Å². The van der Waals surface area contributed by atoms with Crippen LogP contribution in [0.15, 0.2) is 24.3 Å². The van der Waals surface area contributed by atoms with Crippen molar-refractivity contribution in [2.24, 2.45) is 0 Å². The highest BCUT2D eigenvalue weighted by molar-refractivity contribution is 6.17. The lowest BCUT2D eigenvalue weighted by atomic mass is 10.2. The molecule has 1 N–H and O–H groups in total. The Morgan fingerprint density at radius 3 is 1.10 bits per heavy atom. The average molecular weight is 710 g/mol. The summed E-state index contributed by atoms with van der Waals surface area (Å²) in [5.74, 6) is 1.35. The summed E-state index contributed by atoms with van der Waals surface area (Å²) in [5.41, 5.74) is 0.732. The van der Waals surface area contributed by atoms with E-state index in [9.17, 15) is 4.79 Å². The highest BCUT2D eigenvalue weighted by atomic mass is 35.5. The minimum absolute atomic E-state index is 0.107. The zero-order valence-corrected chi connectivity index (χ0v) is 29.7. The van der Waals surface area contributed by atoms with Gasteiger partial charge in [0.2, 0.25) is 5.91 Å². The second kappa shape index (κ2) is 36.7.